The summed E-state index contributed by atoms with van der Waals surface area (Å²) in [7, 11) is 0. The molecule has 0 spiro atoms. The van der Waals surface area contributed by atoms with Gasteiger partial charge < -0.3 is 20.1 Å². The third-order valence-electron chi connectivity index (χ3n) is 4.67. The number of amides is 1. The lowest BCUT2D eigenvalue weighted by atomic mass is 9.93. The van der Waals surface area contributed by atoms with E-state index in [1.807, 2.05) is 18.2 Å². The van der Waals surface area contributed by atoms with Crippen LogP contribution in [0.5, 0.6) is 11.5 Å². The fraction of sp³-hybridized carbons (Fsp3) is 0.533. The Hall–Kier alpha value is -1.75. The maximum Gasteiger partial charge on any atom is 0.241 e. The second kappa shape index (κ2) is 4.66. The molecule has 1 aliphatic carbocycles. The molecule has 1 aromatic carbocycles. The fourth-order valence-corrected chi connectivity index (χ4v) is 3.67. The quantitative estimate of drug-likeness (QED) is 0.862. The van der Waals surface area contributed by atoms with Crippen molar-refractivity contribution < 1.29 is 14.3 Å². The normalized spacial score (nSPS) is 30.3. The number of nitrogens with one attached hydrogen (secondary N) is 2. The van der Waals surface area contributed by atoms with Gasteiger partial charge in [-0.2, -0.15) is 0 Å². The molecule has 2 fully saturated rings. The highest BCUT2D eigenvalue weighted by molar-refractivity contribution is 5.95. The summed E-state index contributed by atoms with van der Waals surface area (Å²) in [4.78, 5) is 12.4. The van der Waals surface area contributed by atoms with E-state index in [0.29, 0.717) is 17.6 Å². The van der Waals surface area contributed by atoms with Crippen molar-refractivity contribution in [1.29, 1.82) is 0 Å². The predicted molar refractivity (Wildman–Crippen MR) is 73.8 cm³/mol. The summed E-state index contributed by atoms with van der Waals surface area (Å²) in [6, 6.07) is 5.46. The van der Waals surface area contributed by atoms with E-state index < -0.39 is 0 Å². The maximum atomic E-state index is 12.4. The molecule has 0 aromatic heterocycles. The van der Waals surface area contributed by atoms with Crippen molar-refractivity contribution in [3.05, 3.63) is 18.2 Å². The Morgan fingerprint density at radius 1 is 1.25 bits per heavy atom. The van der Waals surface area contributed by atoms with Gasteiger partial charge in [0.1, 0.15) is 0 Å². The van der Waals surface area contributed by atoms with Crippen LogP contribution in [0.25, 0.3) is 0 Å². The Bertz CT molecular complexity index is 546. The average Bonchev–Trinajstić information content (AvgIpc) is 3.13. The van der Waals surface area contributed by atoms with Crippen LogP contribution in [-0.4, -0.2) is 25.3 Å². The van der Waals surface area contributed by atoms with Gasteiger partial charge in [-0.1, -0.05) is 6.42 Å². The van der Waals surface area contributed by atoms with Crippen LogP contribution in [0.2, 0.25) is 0 Å². The van der Waals surface area contributed by atoms with Crippen LogP contribution < -0.4 is 20.1 Å². The van der Waals surface area contributed by atoms with Crippen molar-refractivity contribution in [3.8, 4) is 11.5 Å². The molecule has 0 radical (unpaired) electrons. The van der Waals surface area contributed by atoms with Gasteiger partial charge in [-0.15, -0.1) is 0 Å². The monoisotopic (exact) mass is 274 g/mol. The van der Waals surface area contributed by atoms with E-state index in [4.69, 9.17) is 9.47 Å². The molecule has 106 valence electrons. The molecular weight excluding hydrogens is 256 g/mol. The molecule has 3 unspecified atom stereocenters. The molecule has 3 atom stereocenters. The molecule has 0 bridgehead atoms. The van der Waals surface area contributed by atoms with Crippen LogP contribution in [0, 0.1) is 11.8 Å². The highest BCUT2D eigenvalue weighted by Gasteiger charge is 2.42. The third-order valence-corrected chi connectivity index (χ3v) is 4.67. The molecule has 2 N–H and O–H groups in total. The average molecular weight is 274 g/mol. The minimum atomic E-state index is -0.0482. The minimum Gasteiger partial charge on any atom is -0.454 e. The van der Waals surface area contributed by atoms with Crippen LogP contribution >= 0.6 is 0 Å². The standard InChI is InChI=1S/C15H18N2O3/c18-15(14-11-3-1-2-9(11)7-16-14)17-10-4-5-12-13(6-10)20-8-19-12/h4-6,9,11,14,16H,1-3,7-8H2,(H,17,18). The van der Waals surface area contributed by atoms with Crippen molar-refractivity contribution in [2.24, 2.45) is 11.8 Å². The van der Waals surface area contributed by atoms with Crippen molar-refractivity contribution in [3.63, 3.8) is 0 Å². The molecule has 2 aliphatic heterocycles. The molecule has 2 heterocycles. The molecule has 1 amide bonds. The zero-order valence-electron chi connectivity index (χ0n) is 11.2. The summed E-state index contributed by atoms with van der Waals surface area (Å²) in [5.41, 5.74) is 0.766. The van der Waals surface area contributed by atoms with Gasteiger partial charge in [0, 0.05) is 11.8 Å². The SMILES string of the molecule is O=C(Nc1ccc2c(c1)OCO2)C1NCC2CCCC21. The second-order valence-electron chi connectivity index (χ2n) is 5.80. The highest BCUT2D eigenvalue weighted by atomic mass is 16.7. The first-order valence-electron chi connectivity index (χ1n) is 7.25. The van der Waals surface area contributed by atoms with Gasteiger partial charge in [-0.25, -0.2) is 0 Å². The summed E-state index contributed by atoms with van der Waals surface area (Å²) in [6.07, 6.45) is 3.67. The third kappa shape index (κ3) is 1.93. The van der Waals surface area contributed by atoms with E-state index in [1.54, 1.807) is 0 Å². The molecular formula is C15H18N2O3. The minimum absolute atomic E-state index is 0.0482. The van der Waals surface area contributed by atoms with Crippen molar-refractivity contribution in [1.82, 2.24) is 5.32 Å². The molecule has 1 aromatic rings. The van der Waals surface area contributed by atoms with Gasteiger partial charge in [0.15, 0.2) is 11.5 Å². The zero-order valence-corrected chi connectivity index (χ0v) is 11.2. The lowest BCUT2D eigenvalue weighted by molar-refractivity contribution is -0.118. The molecule has 4 rings (SSSR count). The van der Waals surface area contributed by atoms with Gasteiger partial charge in [-0.3, -0.25) is 4.79 Å². The number of carbonyl (C=O) groups is 1. The number of benzene rings is 1. The van der Waals surface area contributed by atoms with E-state index >= 15 is 0 Å². The second-order valence-corrected chi connectivity index (χ2v) is 5.80. The number of hydrogen-bond acceptors (Lipinski definition) is 4. The Labute approximate surface area is 117 Å². The number of carbonyl (C=O) groups excluding carboxylic acids is 1. The lowest BCUT2D eigenvalue weighted by Gasteiger charge is -2.17. The zero-order chi connectivity index (χ0) is 13.5. The largest absolute Gasteiger partial charge is 0.454 e. The maximum absolute atomic E-state index is 12.4. The first kappa shape index (κ1) is 12.0. The molecule has 5 nitrogen and oxygen atoms in total. The Kier molecular flexibility index (Phi) is 2.80. The lowest BCUT2D eigenvalue weighted by Crippen LogP contribution is -2.39. The van der Waals surface area contributed by atoms with Crippen molar-refractivity contribution >= 4 is 11.6 Å². The summed E-state index contributed by atoms with van der Waals surface area (Å²) in [5.74, 6) is 2.68. The molecule has 20 heavy (non-hydrogen) atoms. The summed E-state index contributed by atoms with van der Waals surface area (Å²) in [6.45, 7) is 1.23. The Morgan fingerprint density at radius 2 is 2.15 bits per heavy atom. The van der Waals surface area contributed by atoms with Crippen LogP contribution in [-0.2, 0) is 4.79 Å². The van der Waals surface area contributed by atoms with Crippen LogP contribution in [0.1, 0.15) is 19.3 Å². The van der Waals surface area contributed by atoms with Gasteiger partial charge in [0.25, 0.3) is 0 Å². The summed E-state index contributed by atoms with van der Waals surface area (Å²) in [5, 5.41) is 6.35. The highest BCUT2D eigenvalue weighted by Crippen LogP contribution is 2.38. The molecule has 3 aliphatic rings. The van der Waals surface area contributed by atoms with Gasteiger partial charge >= 0.3 is 0 Å². The number of anilines is 1. The Morgan fingerprint density at radius 3 is 3.10 bits per heavy atom. The van der Waals surface area contributed by atoms with Crippen molar-refractivity contribution in [2.45, 2.75) is 25.3 Å². The van der Waals surface area contributed by atoms with Crippen LogP contribution in [0.15, 0.2) is 18.2 Å². The van der Waals surface area contributed by atoms with E-state index in [1.165, 1.54) is 12.8 Å². The topological polar surface area (TPSA) is 59.6 Å². The van der Waals surface area contributed by atoms with E-state index in [0.717, 1.165) is 24.4 Å². The first-order valence-corrected chi connectivity index (χ1v) is 7.25. The number of ether oxygens (including phenoxy) is 2. The van der Waals surface area contributed by atoms with E-state index in [-0.39, 0.29) is 18.7 Å². The van der Waals surface area contributed by atoms with Gasteiger partial charge in [-0.05, 0) is 43.4 Å². The van der Waals surface area contributed by atoms with Crippen LogP contribution in [0.4, 0.5) is 5.69 Å². The molecule has 1 saturated heterocycles. The number of rotatable bonds is 2. The molecule has 1 saturated carbocycles. The van der Waals surface area contributed by atoms with Gasteiger partial charge in [0.05, 0.1) is 6.04 Å². The summed E-state index contributed by atoms with van der Waals surface area (Å²) >= 11 is 0. The van der Waals surface area contributed by atoms with E-state index in [2.05, 4.69) is 10.6 Å². The van der Waals surface area contributed by atoms with Gasteiger partial charge in [0.2, 0.25) is 12.7 Å². The summed E-state index contributed by atoms with van der Waals surface area (Å²) < 4.78 is 10.6. The predicted octanol–water partition coefficient (Wildman–Crippen LogP) is 1.74. The number of hydrogen-bond donors (Lipinski definition) is 2. The fourth-order valence-electron chi connectivity index (χ4n) is 3.67. The van der Waals surface area contributed by atoms with E-state index in [9.17, 15) is 4.79 Å². The van der Waals surface area contributed by atoms with Crippen molar-refractivity contribution in [2.75, 3.05) is 18.7 Å². The smallest absolute Gasteiger partial charge is 0.241 e. The molecule has 5 heteroatoms. The number of fused-ring (bicyclic) bond motifs is 2. The Balaban J connectivity index is 1.47. The first-order chi connectivity index (χ1) is 9.81. The van der Waals surface area contributed by atoms with Crippen LogP contribution in [0.3, 0.4) is 0 Å².